The molecule has 98 valence electrons. The highest BCUT2D eigenvalue weighted by atomic mass is 19.1. The molecule has 0 aliphatic heterocycles. The highest BCUT2D eigenvalue weighted by Crippen LogP contribution is 2.13. The summed E-state index contributed by atoms with van der Waals surface area (Å²) in [6.45, 7) is 5.97. The number of allylic oxidation sites excluding steroid dienone is 1. The van der Waals surface area contributed by atoms with E-state index in [9.17, 15) is 9.18 Å². The van der Waals surface area contributed by atoms with Crippen molar-refractivity contribution in [2.45, 2.75) is 20.8 Å². The average Bonchev–Trinajstić information content (AvgIpc) is 2.32. The normalized spacial score (nSPS) is 11.2. The van der Waals surface area contributed by atoms with Crippen molar-refractivity contribution in [3.05, 3.63) is 40.8 Å². The van der Waals surface area contributed by atoms with E-state index in [0.29, 0.717) is 6.61 Å². The first kappa shape index (κ1) is 14.2. The Balaban J connectivity index is 2.65. The number of halogens is 1. The molecule has 0 aromatic heterocycles. The van der Waals surface area contributed by atoms with E-state index in [4.69, 9.17) is 4.74 Å². The lowest BCUT2D eigenvalue weighted by Gasteiger charge is -2.07. The molecule has 0 saturated heterocycles. The van der Waals surface area contributed by atoms with Gasteiger partial charge in [0, 0.05) is 5.70 Å². The fourth-order valence-corrected chi connectivity index (χ4v) is 1.47. The van der Waals surface area contributed by atoms with E-state index in [-0.39, 0.29) is 18.3 Å². The standard InChI is InChI=1S/C14H18FNO2/c1-4-18-14(17)9-16-11(3)7-12-8-13(15)6-5-10(12)2/h5-8,16H,4,9H2,1-3H3/b11-7-. The minimum Gasteiger partial charge on any atom is -0.465 e. The molecule has 0 aliphatic rings. The van der Waals surface area contributed by atoms with Gasteiger partial charge in [0.1, 0.15) is 12.4 Å². The quantitative estimate of drug-likeness (QED) is 0.818. The Morgan fingerprint density at radius 2 is 2.22 bits per heavy atom. The van der Waals surface area contributed by atoms with Gasteiger partial charge >= 0.3 is 5.97 Å². The first-order valence-electron chi connectivity index (χ1n) is 5.87. The number of aryl methyl sites for hydroxylation is 1. The Morgan fingerprint density at radius 1 is 1.50 bits per heavy atom. The van der Waals surface area contributed by atoms with Crippen molar-refractivity contribution in [2.24, 2.45) is 0 Å². The van der Waals surface area contributed by atoms with E-state index in [1.54, 1.807) is 19.1 Å². The predicted octanol–water partition coefficient (Wildman–Crippen LogP) is 2.65. The van der Waals surface area contributed by atoms with Crippen molar-refractivity contribution < 1.29 is 13.9 Å². The summed E-state index contributed by atoms with van der Waals surface area (Å²) in [5, 5.41) is 2.93. The Hall–Kier alpha value is -1.84. The van der Waals surface area contributed by atoms with E-state index < -0.39 is 0 Å². The molecule has 0 atom stereocenters. The van der Waals surface area contributed by atoms with Gasteiger partial charge in [0.05, 0.1) is 6.61 Å². The Kier molecular flexibility index (Phi) is 5.36. The molecule has 4 heteroatoms. The van der Waals surface area contributed by atoms with Gasteiger partial charge in [-0.2, -0.15) is 0 Å². The first-order valence-corrected chi connectivity index (χ1v) is 5.87. The summed E-state index contributed by atoms with van der Waals surface area (Å²) in [7, 11) is 0. The lowest BCUT2D eigenvalue weighted by atomic mass is 10.1. The number of esters is 1. The maximum absolute atomic E-state index is 13.1. The third kappa shape index (κ3) is 4.57. The van der Waals surface area contributed by atoms with Crippen LogP contribution in [0.2, 0.25) is 0 Å². The molecule has 0 radical (unpaired) electrons. The summed E-state index contributed by atoms with van der Waals surface area (Å²) in [4.78, 5) is 11.1. The lowest BCUT2D eigenvalue weighted by molar-refractivity contribution is -0.141. The summed E-state index contributed by atoms with van der Waals surface area (Å²) in [5.74, 6) is -0.578. The number of ether oxygens (including phenoxy) is 1. The monoisotopic (exact) mass is 251 g/mol. The van der Waals surface area contributed by atoms with Crippen LogP contribution in [0.1, 0.15) is 25.0 Å². The fraction of sp³-hybridized carbons (Fsp3) is 0.357. The Morgan fingerprint density at radius 3 is 2.89 bits per heavy atom. The molecular formula is C14H18FNO2. The molecule has 0 amide bonds. The van der Waals surface area contributed by atoms with Gasteiger partial charge in [0.15, 0.2) is 0 Å². The molecule has 0 bridgehead atoms. The van der Waals surface area contributed by atoms with Crippen LogP contribution in [0.4, 0.5) is 4.39 Å². The van der Waals surface area contributed by atoms with E-state index in [1.165, 1.54) is 12.1 Å². The number of rotatable bonds is 5. The highest BCUT2D eigenvalue weighted by molar-refractivity contribution is 5.72. The van der Waals surface area contributed by atoms with Crippen LogP contribution in [0, 0.1) is 12.7 Å². The second kappa shape index (κ2) is 6.79. The fourth-order valence-electron chi connectivity index (χ4n) is 1.47. The van der Waals surface area contributed by atoms with Crippen LogP contribution in [-0.4, -0.2) is 19.1 Å². The lowest BCUT2D eigenvalue weighted by Crippen LogP contribution is -2.23. The zero-order valence-corrected chi connectivity index (χ0v) is 10.9. The zero-order chi connectivity index (χ0) is 13.5. The molecule has 1 N–H and O–H groups in total. The van der Waals surface area contributed by atoms with Gasteiger partial charge < -0.3 is 10.1 Å². The SMILES string of the molecule is CCOC(=O)CN/C(C)=C\c1cc(F)ccc1C. The second-order valence-electron chi connectivity index (χ2n) is 3.99. The van der Waals surface area contributed by atoms with Crippen molar-refractivity contribution in [3.8, 4) is 0 Å². The molecular weight excluding hydrogens is 233 g/mol. The molecule has 0 spiro atoms. The van der Waals surface area contributed by atoms with Crippen molar-refractivity contribution in [1.82, 2.24) is 5.32 Å². The number of carbonyl (C=O) groups excluding carboxylic acids is 1. The van der Waals surface area contributed by atoms with Crippen molar-refractivity contribution in [3.63, 3.8) is 0 Å². The first-order chi connectivity index (χ1) is 8.52. The van der Waals surface area contributed by atoms with Crippen LogP contribution in [0.25, 0.3) is 6.08 Å². The molecule has 3 nitrogen and oxygen atoms in total. The largest absolute Gasteiger partial charge is 0.465 e. The zero-order valence-electron chi connectivity index (χ0n) is 10.9. The molecule has 18 heavy (non-hydrogen) atoms. The molecule has 1 aromatic carbocycles. The summed E-state index contributed by atoms with van der Waals surface area (Å²) in [6, 6.07) is 4.61. The van der Waals surface area contributed by atoms with Gasteiger partial charge in [-0.05, 0) is 50.1 Å². The number of benzene rings is 1. The van der Waals surface area contributed by atoms with Crippen LogP contribution in [-0.2, 0) is 9.53 Å². The molecule has 1 rings (SSSR count). The van der Waals surface area contributed by atoms with Crippen molar-refractivity contribution in [1.29, 1.82) is 0 Å². The number of nitrogens with one attached hydrogen (secondary N) is 1. The molecule has 0 fully saturated rings. The molecule has 0 aliphatic carbocycles. The molecule has 0 heterocycles. The average molecular weight is 251 g/mol. The van der Waals surface area contributed by atoms with Crippen LogP contribution in [0.15, 0.2) is 23.9 Å². The van der Waals surface area contributed by atoms with Gasteiger partial charge in [-0.25, -0.2) is 4.39 Å². The smallest absolute Gasteiger partial charge is 0.325 e. The van der Waals surface area contributed by atoms with Crippen LogP contribution >= 0.6 is 0 Å². The van der Waals surface area contributed by atoms with E-state index in [0.717, 1.165) is 16.8 Å². The minimum atomic E-state index is -0.304. The van der Waals surface area contributed by atoms with E-state index in [1.807, 2.05) is 13.8 Å². The predicted molar refractivity (Wildman–Crippen MR) is 69.4 cm³/mol. The third-order valence-electron chi connectivity index (χ3n) is 2.43. The van der Waals surface area contributed by atoms with Gasteiger partial charge in [0.25, 0.3) is 0 Å². The summed E-state index contributed by atoms with van der Waals surface area (Å²) < 4.78 is 17.9. The molecule has 1 aromatic rings. The number of hydrogen-bond donors (Lipinski definition) is 1. The topological polar surface area (TPSA) is 38.3 Å². The maximum Gasteiger partial charge on any atom is 0.325 e. The minimum absolute atomic E-state index is 0.116. The summed E-state index contributed by atoms with van der Waals surface area (Å²) in [5.41, 5.74) is 2.56. The van der Waals surface area contributed by atoms with Crippen LogP contribution in [0.3, 0.4) is 0 Å². The van der Waals surface area contributed by atoms with Crippen LogP contribution < -0.4 is 5.32 Å². The van der Waals surface area contributed by atoms with Crippen molar-refractivity contribution >= 4 is 12.0 Å². The Bertz CT molecular complexity index is 455. The van der Waals surface area contributed by atoms with Gasteiger partial charge in [-0.3, -0.25) is 4.79 Å². The maximum atomic E-state index is 13.1. The summed E-state index contributed by atoms with van der Waals surface area (Å²) in [6.07, 6.45) is 1.80. The van der Waals surface area contributed by atoms with Gasteiger partial charge in [-0.1, -0.05) is 6.07 Å². The van der Waals surface area contributed by atoms with E-state index in [2.05, 4.69) is 5.32 Å². The van der Waals surface area contributed by atoms with Gasteiger partial charge in [-0.15, -0.1) is 0 Å². The van der Waals surface area contributed by atoms with Crippen molar-refractivity contribution in [2.75, 3.05) is 13.2 Å². The number of hydrogen-bond acceptors (Lipinski definition) is 3. The molecule has 0 unspecified atom stereocenters. The Labute approximate surface area is 107 Å². The third-order valence-corrected chi connectivity index (χ3v) is 2.43. The van der Waals surface area contributed by atoms with Gasteiger partial charge in [0.2, 0.25) is 0 Å². The summed E-state index contributed by atoms with van der Waals surface area (Å²) >= 11 is 0. The highest BCUT2D eigenvalue weighted by Gasteiger charge is 2.02. The second-order valence-corrected chi connectivity index (χ2v) is 3.99. The molecule has 0 saturated carbocycles. The van der Waals surface area contributed by atoms with Crippen LogP contribution in [0.5, 0.6) is 0 Å². The number of carbonyl (C=O) groups is 1. The van der Waals surface area contributed by atoms with E-state index >= 15 is 0 Å².